The molecule has 1 aromatic carbocycles. The van der Waals surface area contributed by atoms with E-state index in [-0.39, 0.29) is 18.1 Å². The minimum Gasteiger partial charge on any atom is -0.496 e. The highest BCUT2D eigenvalue weighted by Crippen LogP contribution is 2.23. The lowest BCUT2D eigenvalue weighted by molar-refractivity contribution is 0.196. The molecule has 0 spiro atoms. The zero-order valence-electron chi connectivity index (χ0n) is 11.9. The van der Waals surface area contributed by atoms with E-state index in [0.717, 1.165) is 24.3 Å². The largest absolute Gasteiger partial charge is 0.496 e. The molecule has 0 aliphatic carbocycles. The van der Waals surface area contributed by atoms with Crippen LogP contribution >= 0.6 is 0 Å². The van der Waals surface area contributed by atoms with Crippen LogP contribution in [0.2, 0.25) is 0 Å². The fraction of sp³-hybridized carbons (Fsp3) is 0.600. The van der Waals surface area contributed by atoms with Gasteiger partial charge in [0.05, 0.1) is 7.11 Å². The van der Waals surface area contributed by atoms with Crippen molar-refractivity contribution >= 4 is 0 Å². The molecule has 0 aliphatic heterocycles. The van der Waals surface area contributed by atoms with Gasteiger partial charge >= 0.3 is 0 Å². The number of aliphatic hydroxyl groups excluding tert-OH is 1. The fourth-order valence-electron chi connectivity index (χ4n) is 2.05. The van der Waals surface area contributed by atoms with Gasteiger partial charge in [0, 0.05) is 24.8 Å². The zero-order chi connectivity index (χ0) is 13.6. The number of nitrogens with one attached hydrogen (secondary N) is 1. The van der Waals surface area contributed by atoms with Crippen molar-refractivity contribution in [2.24, 2.45) is 5.41 Å². The molecular formula is C15H25NO2. The van der Waals surface area contributed by atoms with E-state index < -0.39 is 0 Å². The van der Waals surface area contributed by atoms with E-state index >= 15 is 0 Å². The smallest absolute Gasteiger partial charge is 0.123 e. The summed E-state index contributed by atoms with van der Waals surface area (Å²) in [6.45, 7) is 7.51. The lowest BCUT2D eigenvalue weighted by Gasteiger charge is -2.31. The first-order valence-corrected chi connectivity index (χ1v) is 6.45. The molecule has 0 saturated carbocycles. The predicted molar refractivity (Wildman–Crippen MR) is 74.8 cm³/mol. The van der Waals surface area contributed by atoms with Gasteiger partial charge in [-0.05, 0) is 17.9 Å². The Balaban J connectivity index is 2.67. The van der Waals surface area contributed by atoms with Gasteiger partial charge in [0.1, 0.15) is 5.75 Å². The van der Waals surface area contributed by atoms with Crippen LogP contribution in [0.5, 0.6) is 5.75 Å². The number of hydrogen-bond donors (Lipinski definition) is 2. The maximum atomic E-state index is 9.13. The highest BCUT2D eigenvalue weighted by molar-refractivity contribution is 5.33. The van der Waals surface area contributed by atoms with Gasteiger partial charge in [-0.2, -0.15) is 0 Å². The van der Waals surface area contributed by atoms with Crippen LogP contribution in [0.3, 0.4) is 0 Å². The van der Waals surface area contributed by atoms with E-state index in [1.807, 2.05) is 18.2 Å². The molecule has 0 saturated heterocycles. The third kappa shape index (κ3) is 4.31. The van der Waals surface area contributed by atoms with Crippen molar-refractivity contribution in [2.45, 2.75) is 39.8 Å². The molecule has 1 unspecified atom stereocenters. The Bertz CT molecular complexity index is 358. The second kappa shape index (κ2) is 6.76. The summed E-state index contributed by atoms with van der Waals surface area (Å²) in [4.78, 5) is 0. The van der Waals surface area contributed by atoms with E-state index in [1.54, 1.807) is 7.11 Å². The van der Waals surface area contributed by atoms with E-state index in [9.17, 15) is 0 Å². The van der Waals surface area contributed by atoms with Crippen LogP contribution in [0.25, 0.3) is 0 Å². The molecule has 0 aliphatic rings. The average Bonchev–Trinajstić information content (AvgIpc) is 2.33. The van der Waals surface area contributed by atoms with E-state index in [2.05, 4.69) is 32.2 Å². The number of rotatable bonds is 6. The minimum atomic E-state index is 0.130. The fourth-order valence-corrected chi connectivity index (χ4v) is 2.05. The highest BCUT2D eigenvalue weighted by Gasteiger charge is 2.23. The topological polar surface area (TPSA) is 41.5 Å². The molecule has 0 fully saturated rings. The molecule has 0 radical (unpaired) electrons. The van der Waals surface area contributed by atoms with Crippen LogP contribution < -0.4 is 10.1 Å². The van der Waals surface area contributed by atoms with Crippen LogP contribution in [-0.4, -0.2) is 24.9 Å². The van der Waals surface area contributed by atoms with Gasteiger partial charge < -0.3 is 15.2 Å². The van der Waals surface area contributed by atoms with Gasteiger partial charge in [-0.1, -0.05) is 39.0 Å². The summed E-state index contributed by atoms with van der Waals surface area (Å²) in [5.41, 5.74) is 1.28. The minimum absolute atomic E-state index is 0.130. The Morgan fingerprint density at radius 3 is 2.50 bits per heavy atom. The van der Waals surface area contributed by atoms with Gasteiger partial charge in [0.25, 0.3) is 0 Å². The summed E-state index contributed by atoms with van der Waals surface area (Å²) in [5.74, 6) is 0.904. The van der Waals surface area contributed by atoms with Crippen molar-refractivity contribution in [3.8, 4) is 5.75 Å². The number of ether oxygens (including phenoxy) is 1. The molecular weight excluding hydrogens is 226 g/mol. The van der Waals surface area contributed by atoms with Crippen molar-refractivity contribution in [2.75, 3.05) is 13.7 Å². The first-order chi connectivity index (χ1) is 8.49. The van der Waals surface area contributed by atoms with Gasteiger partial charge in [-0.15, -0.1) is 0 Å². The number of methoxy groups -OCH3 is 1. The summed E-state index contributed by atoms with van der Waals surface area (Å²) < 4.78 is 5.33. The van der Waals surface area contributed by atoms with Crippen LogP contribution in [0, 0.1) is 5.41 Å². The SMILES string of the molecule is COc1ccccc1CNC(CCO)C(C)(C)C. The first kappa shape index (κ1) is 15.0. The maximum Gasteiger partial charge on any atom is 0.123 e. The van der Waals surface area contributed by atoms with Crippen molar-refractivity contribution in [1.82, 2.24) is 5.32 Å². The molecule has 2 N–H and O–H groups in total. The van der Waals surface area contributed by atoms with Gasteiger partial charge in [0.2, 0.25) is 0 Å². The second-order valence-electron chi connectivity index (χ2n) is 5.62. The van der Waals surface area contributed by atoms with Gasteiger partial charge in [-0.3, -0.25) is 0 Å². The van der Waals surface area contributed by atoms with Crippen LogP contribution in [-0.2, 0) is 6.54 Å². The molecule has 102 valence electrons. The molecule has 0 amide bonds. The zero-order valence-corrected chi connectivity index (χ0v) is 11.9. The quantitative estimate of drug-likeness (QED) is 0.816. The average molecular weight is 251 g/mol. The molecule has 3 heteroatoms. The third-order valence-corrected chi connectivity index (χ3v) is 3.19. The standard InChI is InChI=1S/C15H25NO2/c1-15(2,3)14(9-10-17)16-11-12-7-5-6-8-13(12)18-4/h5-8,14,16-17H,9-11H2,1-4H3. The molecule has 0 bridgehead atoms. The number of benzene rings is 1. The molecule has 1 aromatic rings. The monoisotopic (exact) mass is 251 g/mol. The lowest BCUT2D eigenvalue weighted by Crippen LogP contribution is -2.40. The van der Waals surface area contributed by atoms with Crippen molar-refractivity contribution in [1.29, 1.82) is 0 Å². The summed E-state index contributed by atoms with van der Waals surface area (Å²) >= 11 is 0. The van der Waals surface area contributed by atoms with Crippen LogP contribution in [0.1, 0.15) is 32.8 Å². The molecule has 3 nitrogen and oxygen atoms in total. The molecule has 1 atom stereocenters. The Labute approximate surface area is 110 Å². The third-order valence-electron chi connectivity index (χ3n) is 3.19. The van der Waals surface area contributed by atoms with Crippen molar-refractivity contribution in [3.63, 3.8) is 0 Å². The molecule has 0 heterocycles. The van der Waals surface area contributed by atoms with Gasteiger partial charge in [-0.25, -0.2) is 0 Å². The van der Waals surface area contributed by atoms with E-state index in [4.69, 9.17) is 9.84 Å². The Morgan fingerprint density at radius 1 is 1.28 bits per heavy atom. The second-order valence-corrected chi connectivity index (χ2v) is 5.62. The van der Waals surface area contributed by atoms with E-state index in [1.165, 1.54) is 0 Å². The maximum absolute atomic E-state index is 9.13. The predicted octanol–water partition coefficient (Wildman–Crippen LogP) is 2.58. The van der Waals surface area contributed by atoms with Crippen molar-refractivity contribution in [3.05, 3.63) is 29.8 Å². The van der Waals surface area contributed by atoms with Gasteiger partial charge in [0.15, 0.2) is 0 Å². The summed E-state index contributed by atoms with van der Waals surface area (Å²) in [6.07, 6.45) is 0.763. The lowest BCUT2D eigenvalue weighted by atomic mass is 9.85. The Hall–Kier alpha value is -1.06. The summed E-state index contributed by atoms with van der Waals surface area (Å²) in [7, 11) is 1.69. The Kier molecular flexibility index (Phi) is 5.63. The first-order valence-electron chi connectivity index (χ1n) is 6.45. The number of aliphatic hydroxyl groups is 1. The summed E-state index contributed by atoms with van der Waals surface area (Å²) in [6, 6.07) is 8.29. The normalized spacial score (nSPS) is 13.4. The summed E-state index contributed by atoms with van der Waals surface area (Å²) in [5, 5.41) is 12.6. The molecule has 0 aromatic heterocycles. The Morgan fingerprint density at radius 2 is 1.94 bits per heavy atom. The van der Waals surface area contributed by atoms with E-state index in [0.29, 0.717) is 0 Å². The van der Waals surface area contributed by atoms with Crippen LogP contribution in [0.15, 0.2) is 24.3 Å². The number of hydrogen-bond acceptors (Lipinski definition) is 3. The van der Waals surface area contributed by atoms with Crippen LogP contribution in [0.4, 0.5) is 0 Å². The molecule has 18 heavy (non-hydrogen) atoms. The van der Waals surface area contributed by atoms with Crippen molar-refractivity contribution < 1.29 is 9.84 Å². The highest BCUT2D eigenvalue weighted by atomic mass is 16.5. The molecule has 1 rings (SSSR count). The number of para-hydroxylation sites is 1.